The van der Waals surface area contributed by atoms with Crippen LogP contribution < -0.4 is 0 Å². The predicted molar refractivity (Wildman–Crippen MR) is 45.5 cm³/mol. The molecule has 1 radical (unpaired) electrons. The molecule has 0 fully saturated rings. The molecule has 0 atom stereocenters. The van der Waals surface area contributed by atoms with Gasteiger partial charge in [0.05, 0.1) is 5.56 Å². The minimum absolute atomic E-state index is 0. The average molecular weight is 317 g/mol. The number of rotatable bonds is 1. The molecule has 1 rings (SSSR count). The zero-order chi connectivity index (χ0) is 9.30. The van der Waals surface area contributed by atoms with E-state index in [1.54, 1.807) is 0 Å². The summed E-state index contributed by atoms with van der Waals surface area (Å²) >= 11 is 0. The number of carboxylic acid groups (broad SMARTS) is 1. The second-order valence-corrected chi connectivity index (χ2v) is 2.17. The number of aromatic carboxylic acids is 1. The Bertz CT molecular complexity index is 318. The Labute approximate surface area is 120 Å². The summed E-state index contributed by atoms with van der Waals surface area (Å²) in [4.78, 5) is 10.3. The van der Waals surface area contributed by atoms with Crippen molar-refractivity contribution in [3.63, 3.8) is 0 Å². The molecule has 69 valence electrons. The van der Waals surface area contributed by atoms with Crippen LogP contribution in [0.25, 0.3) is 0 Å². The summed E-state index contributed by atoms with van der Waals surface area (Å²) in [6.45, 7) is 0. The van der Waals surface area contributed by atoms with Gasteiger partial charge in [0.1, 0.15) is 0 Å². The molecule has 0 spiro atoms. The Hall–Kier alpha value is -0.118. The fraction of sp³-hybridized carbons (Fsp3) is 0. The molecular formula is C7H7LaLiO5. The first-order valence-electron chi connectivity index (χ1n) is 3.00. The van der Waals surface area contributed by atoms with Crippen LogP contribution in [0.1, 0.15) is 10.4 Å². The molecule has 0 saturated heterocycles. The van der Waals surface area contributed by atoms with Crippen molar-refractivity contribution in [2.24, 2.45) is 0 Å². The van der Waals surface area contributed by atoms with E-state index >= 15 is 0 Å². The molecule has 0 aliphatic carbocycles. The van der Waals surface area contributed by atoms with Gasteiger partial charge < -0.3 is 20.4 Å². The van der Waals surface area contributed by atoms with E-state index in [2.05, 4.69) is 0 Å². The standard InChI is InChI=1S/C7H6O5.La.Li.H/c8-4-1-3(7(11)12)2-5(9)6(4)10;;;/h1-2,8-10H,(H,11,12);;;. The van der Waals surface area contributed by atoms with E-state index in [4.69, 9.17) is 20.4 Å². The van der Waals surface area contributed by atoms with Crippen LogP contribution in [0, 0.1) is 35.6 Å². The minimum atomic E-state index is -1.29. The molecule has 1 aromatic carbocycles. The van der Waals surface area contributed by atoms with Crippen molar-refractivity contribution in [2.45, 2.75) is 0 Å². The molecule has 0 aromatic heterocycles. The molecule has 5 nitrogen and oxygen atoms in total. The van der Waals surface area contributed by atoms with Crippen molar-refractivity contribution in [3.05, 3.63) is 17.7 Å². The van der Waals surface area contributed by atoms with Crippen LogP contribution in [0.3, 0.4) is 0 Å². The fourth-order valence-electron chi connectivity index (χ4n) is 0.728. The monoisotopic (exact) mass is 317 g/mol. The molecule has 0 aliphatic rings. The van der Waals surface area contributed by atoms with E-state index in [9.17, 15) is 4.79 Å². The first-order valence-corrected chi connectivity index (χ1v) is 3.00. The molecule has 0 saturated carbocycles. The van der Waals surface area contributed by atoms with Gasteiger partial charge in [-0.05, 0) is 12.1 Å². The molecule has 14 heavy (non-hydrogen) atoms. The second kappa shape index (κ2) is 6.38. The third kappa shape index (κ3) is 3.56. The predicted octanol–water partition coefficient (Wildman–Crippen LogP) is -0.147. The number of phenols is 3. The van der Waals surface area contributed by atoms with E-state index in [1.807, 2.05) is 0 Å². The summed E-state index contributed by atoms with van der Waals surface area (Å²) in [5.41, 5.74) is -0.289. The summed E-state index contributed by atoms with van der Waals surface area (Å²) in [6, 6.07) is 1.69. The Morgan fingerprint density at radius 3 is 1.71 bits per heavy atom. The third-order valence-corrected chi connectivity index (χ3v) is 1.32. The normalized spacial score (nSPS) is 8.29. The Morgan fingerprint density at radius 1 is 1.07 bits per heavy atom. The number of hydrogen-bond donors (Lipinski definition) is 4. The van der Waals surface area contributed by atoms with Gasteiger partial charge in [-0.3, -0.25) is 0 Å². The number of hydrogen-bond acceptors (Lipinski definition) is 4. The van der Waals surface area contributed by atoms with Crippen LogP contribution in [-0.2, 0) is 0 Å². The van der Waals surface area contributed by atoms with Gasteiger partial charge in [-0.15, -0.1) is 0 Å². The van der Waals surface area contributed by atoms with Crippen molar-refractivity contribution < 1.29 is 60.8 Å². The van der Waals surface area contributed by atoms with E-state index in [0.717, 1.165) is 12.1 Å². The van der Waals surface area contributed by atoms with E-state index in [1.165, 1.54) is 0 Å². The molecule has 0 unspecified atom stereocenters. The summed E-state index contributed by atoms with van der Waals surface area (Å²) in [7, 11) is 0. The molecule has 1 aromatic rings. The molecule has 7 heteroatoms. The van der Waals surface area contributed by atoms with E-state index in [-0.39, 0.29) is 60.0 Å². The van der Waals surface area contributed by atoms with Crippen molar-refractivity contribution in [3.8, 4) is 17.2 Å². The van der Waals surface area contributed by atoms with Crippen molar-refractivity contribution in [1.29, 1.82) is 0 Å². The summed E-state index contributed by atoms with van der Waals surface area (Å²) < 4.78 is 0. The van der Waals surface area contributed by atoms with Gasteiger partial charge in [0.2, 0.25) is 0 Å². The maximum absolute atomic E-state index is 10.3. The molecule has 0 amide bonds. The Kier molecular flexibility index (Phi) is 7.44. The SMILES string of the molecule is O=C(O)c1cc(O)c(O)c(O)c1.[La].[LiH]. The molecular weight excluding hydrogens is 310 g/mol. The molecule has 0 bridgehead atoms. The quantitative estimate of drug-likeness (QED) is 0.427. The number of phenolic OH excluding ortho intramolecular Hbond substituents is 3. The molecule has 0 aliphatic heterocycles. The van der Waals surface area contributed by atoms with Crippen LogP contribution in [0.5, 0.6) is 17.2 Å². The van der Waals surface area contributed by atoms with Crippen LogP contribution in [0.15, 0.2) is 12.1 Å². The second-order valence-electron chi connectivity index (χ2n) is 2.17. The fourth-order valence-corrected chi connectivity index (χ4v) is 0.728. The zero-order valence-corrected chi connectivity index (χ0v) is 10.1. The Balaban J connectivity index is 0. The van der Waals surface area contributed by atoms with Crippen LogP contribution >= 0.6 is 0 Å². The maximum atomic E-state index is 10.3. The summed E-state index contributed by atoms with van der Waals surface area (Å²) in [5.74, 6) is -3.33. The van der Waals surface area contributed by atoms with Gasteiger partial charge in [0, 0.05) is 35.6 Å². The zero-order valence-electron chi connectivity index (χ0n) is 6.43. The molecule has 4 N–H and O–H groups in total. The summed E-state index contributed by atoms with van der Waals surface area (Å²) in [6.07, 6.45) is 0. The van der Waals surface area contributed by atoms with Gasteiger partial charge in [0.25, 0.3) is 0 Å². The van der Waals surface area contributed by atoms with Gasteiger partial charge in [-0.25, -0.2) is 4.79 Å². The van der Waals surface area contributed by atoms with Crippen LogP contribution in [0.4, 0.5) is 0 Å². The van der Waals surface area contributed by atoms with Crippen molar-refractivity contribution in [2.75, 3.05) is 0 Å². The van der Waals surface area contributed by atoms with Gasteiger partial charge >= 0.3 is 24.8 Å². The third-order valence-electron chi connectivity index (χ3n) is 1.32. The average Bonchev–Trinajstić information content (AvgIpc) is 1.99. The first kappa shape index (κ1) is 16.3. The van der Waals surface area contributed by atoms with Crippen molar-refractivity contribution >= 4 is 24.8 Å². The first-order chi connectivity index (χ1) is 5.52. The van der Waals surface area contributed by atoms with Gasteiger partial charge in [-0.1, -0.05) is 0 Å². The molecule has 0 heterocycles. The number of aromatic hydroxyl groups is 3. The number of benzene rings is 1. The van der Waals surface area contributed by atoms with Crippen molar-refractivity contribution in [1.82, 2.24) is 0 Å². The Morgan fingerprint density at radius 2 is 1.43 bits per heavy atom. The van der Waals surface area contributed by atoms with Gasteiger partial charge in [0.15, 0.2) is 17.2 Å². The van der Waals surface area contributed by atoms with E-state index < -0.39 is 23.2 Å². The topological polar surface area (TPSA) is 98.0 Å². The number of carbonyl (C=O) groups is 1. The van der Waals surface area contributed by atoms with E-state index in [0.29, 0.717) is 0 Å². The number of carboxylic acids is 1. The van der Waals surface area contributed by atoms with Crippen LogP contribution in [-0.4, -0.2) is 45.3 Å². The summed E-state index contributed by atoms with van der Waals surface area (Å²) in [5, 5.41) is 35.0. The van der Waals surface area contributed by atoms with Crippen LogP contribution in [0.2, 0.25) is 0 Å². The van der Waals surface area contributed by atoms with Gasteiger partial charge in [-0.2, -0.15) is 0 Å².